The molecule has 0 aromatic heterocycles. The van der Waals surface area contributed by atoms with Gasteiger partial charge in [-0.2, -0.15) is 0 Å². The van der Waals surface area contributed by atoms with Gasteiger partial charge in [0.25, 0.3) is 5.91 Å². The van der Waals surface area contributed by atoms with Crippen LogP contribution in [0.4, 0.5) is 0 Å². The fourth-order valence-corrected chi connectivity index (χ4v) is 1.21. The Morgan fingerprint density at radius 1 is 1.41 bits per heavy atom. The first kappa shape index (κ1) is 13.0. The molecule has 1 rings (SSSR count). The average molecular weight is 237 g/mol. The molecule has 17 heavy (non-hydrogen) atoms. The maximum atomic E-state index is 11.7. The van der Waals surface area contributed by atoms with Crippen LogP contribution in [0.3, 0.4) is 0 Å². The zero-order valence-electron chi connectivity index (χ0n) is 9.98. The predicted octanol–water partition coefficient (Wildman–Crippen LogP) is 1.11. The van der Waals surface area contributed by atoms with Gasteiger partial charge in [0.05, 0.1) is 18.7 Å². The second kappa shape index (κ2) is 5.34. The van der Waals surface area contributed by atoms with E-state index in [1.807, 2.05) is 0 Å². The lowest BCUT2D eigenvalue weighted by Gasteiger charge is -2.11. The van der Waals surface area contributed by atoms with Gasteiger partial charge in [0, 0.05) is 6.07 Å². The van der Waals surface area contributed by atoms with E-state index in [1.165, 1.54) is 26.2 Å². The molecule has 1 aromatic carbocycles. The molecule has 5 heteroatoms. The zero-order chi connectivity index (χ0) is 13.0. The zero-order valence-corrected chi connectivity index (χ0v) is 9.98. The first-order chi connectivity index (χ1) is 7.95. The van der Waals surface area contributed by atoms with Crippen LogP contribution in [0.5, 0.6) is 11.5 Å². The predicted molar refractivity (Wildman–Crippen MR) is 62.3 cm³/mol. The molecule has 0 saturated heterocycles. The third kappa shape index (κ3) is 3.21. The molecule has 0 fully saturated rings. The number of ether oxygens (including phenoxy) is 1. The second-order valence-corrected chi connectivity index (χ2v) is 3.69. The van der Waals surface area contributed by atoms with Gasteiger partial charge in [-0.3, -0.25) is 9.59 Å². The Hall–Kier alpha value is -2.04. The van der Waals surface area contributed by atoms with Crippen molar-refractivity contribution in [2.45, 2.75) is 19.9 Å². The Morgan fingerprint density at radius 3 is 2.53 bits per heavy atom. The number of nitrogens with one attached hydrogen (secondary N) is 1. The number of amides is 1. The van der Waals surface area contributed by atoms with Crippen molar-refractivity contribution in [3.8, 4) is 11.5 Å². The van der Waals surface area contributed by atoms with Gasteiger partial charge in [-0.05, 0) is 26.0 Å². The fraction of sp³-hybridized carbons (Fsp3) is 0.333. The van der Waals surface area contributed by atoms with Crippen LogP contribution in [0.25, 0.3) is 0 Å². The lowest BCUT2D eigenvalue weighted by atomic mass is 10.1. The first-order valence-electron chi connectivity index (χ1n) is 5.14. The van der Waals surface area contributed by atoms with Crippen LogP contribution in [0.15, 0.2) is 18.2 Å². The van der Waals surface area contributed by atoms with Crippen molar-refractivity contribution < 1.29 is 19.4 Å². The number of phenols is 1. The molecule has 2 N–H and O–H groups in total. The largest absolute Gasteiger partial charge is 0.507 e. The number of aromatic hydroxyl groups is 1. The smallest absolute Gasteiger partial charge is 0.255 e. The lowest BCUT2D eigenvalue weighted by Crippen LogP contribution is -2.37. The summed E-state index contributed by atoms with van der Waals surface area (Å²) in [4.78, 5) is 22.7. The Balaban J connectivity index is 2.86. The highest BCUT2D eigenvalue weighted by Crippen LogP contribution is 2.23. The molecular weight excluding hydrogens is 222 g/mol. The monoisotopic (exact) mass is 237 g/mol. The molecule has 0 aliphatic carbocycles. The number of carbonyl (C=O) groups is 2. The second-order valence-electron chi connectivity index (χ2n) is 3.69. The summed E-state index contributed by atoms with van der Waals surface area (Å²) in [5, 5.41) is 12.1. The van der Waals surface area contributed by atoms with Gasteiger partial charge in [0.2, 0.25) is 0 Å². The molecule has 0 spiro atoms. The highest BCUT2D eigenvalue weighted by atomic mass is 16.5. The topological polar surface area (TPSA) is 75.6 Å². The molecule has 1 unspecified atom stereocenters. The van der Waals surface area contributed by atoms with E-state index in [0.29, 0.717) is 5.75 Å². The third-order valence-electron chi connectivity index (χ3n) is 2.41. The van der Waals surface area contributed by atoms with Crippen LogP contribution in [0, 0.1) is 0 Å². The summed E-state index contributed by atoms with van der Waals surface area (Å²) in [5.74, 6) is -0.365. The number of Topliss-reactive ketones (excluding diaryl/α,β-unsaturated/α-hetero) is 1. The number of carbonyl (C=O) groups excluding carboxylic acids is 2. The molecule has 5 nitrogen and oxygen atoms in total. The van der Waals surface area contributed by atoms with Crippen LogP contribution in [-0.2, 0) is 4.79 Å². The van der Waals surface area contributed by atoms with Gasteiger partial charge in [-0.15, -0.1) is 0 Å². The number of hydrogen-bond donors (Lipinski definition) is 2. The van der Waals surface area contributed by atoms with Gasteiger partial charge in [0.15, 0.2) is 5.78 Å². The summed E-state index contributed by atoms with van der Waals surface area (Å²) in [7, 11) is 1.46. The van der Waals surface area contributed by atoms with Crippen LogP contribution < -0.4 is 10.1 Å². The molecule has 0 aliphatic heterocycles. The third-order valence-corrected chi connectivity index (χ3v) is 2.41. The van der Waals surface area contributed by atoms with Crippen molar-refractivity contribution in [3.05, 3.63) is 23.8 Å². The highest BCUT2D eigenvalue weighted by Gasteiger charge is 2.16. The number of ketones is 1. The van der Waals surface area contributed by atoms with E-state index in [1.54, 1.807) is 13.0 Å². The molecule has 0 radical (unpaired) electrons. The van der Waals surface area contributed by atoms with Crippen molar-refractivity contribution in [2.24, 2.45) is 0 Å². The molecule has 0 heterocycles. The minimum Gasteiger partial charge on any atom is -0.507 e. The molecule has 1 atom stereocenters. The number of methoxy groups -OCH3 is 1. The maximum Gasteiger partial charge on any atom is 0.255 e. The average Bonchev–Trinajstić information content (AvgIpc) is 2.28. The van der Waals surface area contributed by atoms with Crippen LogP contribution in [0.2, 0.25) is 0 Å². The molecule has 1 amide bonds. The van der Waals surface area contributed by atoms with E-state index in [-0.39, 0.29) is 17.1 Å². The molecule has 1 aromatic rings. The van der Waals surface area contributed by atoms with Gasteiger partial charge < -0.3 is 15.2 Å². The van der Waals surface area contributed by atoms with Gasteiger partial charge in [-0.25, -0.2) is 0 Å². The number of rotatable bonds is 4. The van der Waals surface area contributed by atoms with Crippen molar-refractivity contribution >= 4 is 11.7 Å². The summed E-state index contributed by atoms with van der Waals surface area (Å²) in [5.41, 5.74) is 0.110. The van der Waals surface area contributed by atoms with E-state index in [4.69, 9.17) is 4.74 Å². The van der Waals surface area contributed by atoms with E-state index < -0.39 is 11.9 Å². The van der Waals surface area contributed by atoms with E-state index in [2.05, 4.69) is 5.32 Å². The van der Waals surface area contributed by atoms with Crippen molar-refractivity contribution in [1.82, 2.24) is 5.32 Å². The van der Waals surface area contributed by atoms with Gasteiger partial charge >= 0.3 is 0 Å². The maximum absolute atomic E-state index is 11.7. The number of benzene rings is 1. The summed E-state index contributed by atoms with van der Waals surface area (Å²) < 4.78 is 4.90. The standard InChI is InChI=1S/C12H15NO4/c1-7(8(2)14)13-12(16)10-5-4-9(17-3)6-11(10)15/h4-7,15H,1-3H3,(H,13,16). The van der Waals surface area contributed by atoms with Gasteiger partial charge in [-0.1, -0.05) is 0 Å². The van der Waals surface area contributed by atoms with E-state index >= 15 is 0 Å². The van der Waals surface area contributed by atoms with E-state index in [0.717, 1.165) is 0 Å². The fourth-order valence-electron chi connectivity index (χ4n) is 1.21. The molecule has 0 aliphatic rings. The minimum atomic E-state index is -0.580. The summed E-state index contributed by atoms with van der Waals surface area (Å²) in [6, 6.07) is 3.76. The highest BCUT2D eigenvalue weighted by molar-refractivity contribution is 5.99. The van der Waals surface area contributed by atoms with Gasteiger partial charge in [0.1, 0.15) is 11.5 Å². The Kier molecular flexibility index (Phi) is 4.09. The Morgan fingerprint density at radius 2 is 2.06 bits per heavy atom. The van der Waals surface area contributed by atoms with Crippen LogP contribution in [-0.4, -0.2) is 29.9 Å². The normalized spacial score (nSPS) is 11.7. The first-order valence-corrected chi connectivity index (χ1v) is 5.14. The Bertz CT molecular complexity index is 442. The minimum absolute atomic E-state index is 0.110. The summed E-state index contributed by atoms with van der Waals surface area (Å²) in [6.07, 6.45) is 0. The summed E-state index contributed by atoms with van der Waals surface area (Å²) >= 11 is 0. The van der Waals surface area contributed by atoms with Crippen molar-refractivity contribution in [3.63, 3.8) is 0 Å². The molecule has 0 saturated carbocycles. The van der Waals surface area contributed by atoms with Crippen LogP contribution in [0.1, 0.15) is 24.2 Å². The SMILES string of the molecule is COc1ccc(C(=O)NC(C)C(C)=O)c(O)c1. The Labute approximate surface area is 99.4 Å². The molecule has 92 valence electrons. The molecule has 0 bridgehead atoms. The molecular formula is C12H15NO4. The van der Waals surface area contributed by atoms with Crippen LogP contribution >= 0.6 is 0 Å². The number of phenolic OH excluding ortho intramolecular Hbond substituents is 1. The quantitative estimate of drug-likeness (QED) is 0.822. The lowest BCUT2D eigenvalue weighted by molar-refractivity contribution is -0.118. The van der Waals surface area contributed by atoms with E-state index in [9.17, 15) is 14.7 Å². The number of hydrogen-bond acceptors (Lipinski definition) is 4. The van der Waals surface area contributed by atoms with Crippen molar-refractivity contribution in [2.75, 3.05) is 7.11 Å². The van der Waals surface area contributed by atoms with Crippen molar-refractivity contribution in [1.29, 1.82) is 0 Å². The summed E-state index contributed by atoms with van der Waals surface area (Å²) in [6.45, 7) is 2.97.